The second-order valence-corrected chi connectivity index (χ2v) is 8.09. The summed E-state index contributed by atoms with van der Waals surface area (Å²) < 4.78 is 35.6. The van der Waals surface area contributed by atoms with Gasteiger partial charge in [-0.2, -0.15) is 0 Å². The molecule has 0 fully saturated rings. The van der Waals surface area contributed by atoms with E-state index >= 15 is 0 Å². The second-order valence-electron chi connectivity index (χ2n) is 7.24. The van der Waals surface area contributed by atoms with E-state index in [0.717, 1.165) is 35.8 Å². The van der Waals surface area contributed by atoms with Crippen molar-refractivity contribution in [1.82, 2.24) is 14.5 Å². The number of ether oxygens (including phenoxy) is 1. The van der Waals surface area contributed by atoms with Gasteiger partial charge in [0.25, 0.3) is 0 Å². The molecule has 1 atom stereocenters. The molecule has 0 bridgehead atoms. The molecule has 0 amide bonds. The first kappa shape index (κ1) is 20.7. The summed E-state index contributed by atoms with van der Waals surface area (Å²) in [4.78, 5) is 8.72. The van der Waals surface area contributed by atoms with E-state index in [1.165, 1.54) is 18.2 Å². The van der Waals surface area contributed by atoms with Crippen molar-refractivity contribution in [2.24, 2.45) is 5.73 Å². The van der Waals surface area contributed by atoms with Gasteiger partial charge in [0.1, 0.15) is 22.9 Å². The Bertz CT molecular complexity index is 1210. The average Bonchev–Trinajstić information content (AvgIpc) is 3.13. The monoisotopic (exact) mass is 474 g/mol. The number of fused-ring (bicyclic) bond motifs is 3. The van der Waals surface area contributed by atoms with Gasteiger partial charge in [0, 0.05) is 29.6 Å². The largest absolute Gasteiger partial charge is 0.493 e. The molecule has 0 unspecified atom stereocenters. The van der Waals surface area contributed by atoms with Crippen molar-refractivity contribution in [3.05, 3.63) is 64.5 Å². The third-order valence-electron chi connectivity index (χ3n) is 5.00. The van der Waals surface area contributed by atoms with Crippen LogP contribution in [0.5, 0.6) is 5.75 Å². The number of nitrogens with zero attached hydrogens (tertiary/aromatic N) is 3. The van der Waals surface area contributed by atoms with Crippen LogP contribution in [-0.2, 0) is 6.54 Å². The fraction of sp³-hybridized carbons (Fsp3) is 0.273. The van der Waals surface area contributed by atoms with Gasteiger partial charge in [-0.25, -0.2) is 13.8 Å². The molecule has 0 radical (unpaired) electrons. The topological polar surface area (TPSA) is 66.0 Å². The van der Waals surface area contributed by atoms with Gasteiger partial charge in [-0.1, -0.05) is 0 Å². The number of rotatable bonds is 7. The van der Waals surface area contributed by atoms with Crippen LogP contribution >= 0.6 is 15.9 Å². The Morgan fingerprint density at radius 2 is 1.97 bits per heavy atom. The van der Waals surface area contributed by atoms with Gasteiger partial charge in [0.2, 0.25) is 0 Å². The summed E-state index contributed by atoms with van der Waals surface area (Å²) in [6, 6.07) is 7.26. The molecule has 0 spiro atoms. The van der Waals surface area contributed by atoms with Crippen LogP contribution in [-0.4, -0.2) is 21.1 Å². The van der Waals surface area contributed by atoms with Crippen LogP contribution in [0.1, 0.15) is 31.4 Å². The van der Waals surface area contributed by atoms with E-state index in [1.54, 1.807) is 31.6 Å². The number of hydrogen-bond donors (Lipinski definition) is 1. The molecule has 0 saturated heterocycles. The lowest BCUT2D eigenvalue weighted by molar-refractivity contribution is 0.299. The van der Waals surface area contributed by atoms with Crippen molar-refractivity contribution in [2.45, 2.75) is 32.4 Å². The molecule has 156 valence electrons. The summed E-state index contributed by atoms with van der Waals surface area (Å²) in [6.07, 6.45) is 5.09. The predicted octanol–water partition coefficient (Wildman–Crippen LogP) is 5.50. The highest BCUT2D eigenvalue weighted by molar-refractivity contribution is 9.10. The summed E-state index contributed by atoms with van der Waals surface area (Å²) in [6.45, 7) is 3.03. The van der Waals surface area contributed by atoms with Gasteiger partial charge >= 0.3 is 0 Å². The lowest BCUT2D eigenvalue weighted by Crippen LogP contribution is -2.09. The van der Waals surface area contributed by atoms with Crippen molar-refractivity contribution in [2.75, 3.05) is 6.61 Å². The molecule has 4 aromatic rings. The molecule has 2 aromatic heterocycles. The lowest BCUT2D eigenvalue weighted by Gasteiger charge is -2.14. The normalized spacial score (nSPS) is 12.6. The minimum Gasteiger partial charge on any atom is -0.493 e. The number of hydrogen-bond acceptors (Lipinski definition) is 4. The number of aromatic nitrogens is 3. The maximum Gasteiger partial charge on any atom is 0.139 e. The molecule has 8 heteroatoms. The van der Waals surface area contributed by atoms with Crippen LogP contribution < -0.4 is 10.5 Å². The molecule has 0 aliphatic heterocycles. The van der Waals surface area contributed by atoms with Crippen molar-refractivity contribution in [3.63, 3.8) is 0 Å². The van der Waals surface area contributed by atoms with Gasteiger partial charge < -0.3 is 15.0 Å². The number of aryl methyl sites for hydroxylation is 1. The van der Waals surface area contributed by atoms with Crippen LogP contribution in [0, 0.1) is 11.6 Å². The fourth-order valence-corrected chi connectivity index (χ4v) is 3.83. The van der Waals surface area contributed by atoms with Gasteiger partial charge in [-0.05, 0) is 60.0 Å². The summed E-state index contributed by atoms with van der Waals surface area (Å²) in [5.41, 5.74) is 8.86. The number of unbranched alkanes of at least 4 members (excludes halogenated alkanes) is 1. The van der Waals surface area contributed by atoms with Gasteiger partial charge in [0.05, 0.1) is 34.6 Å². The standard InChI is InChI=1S/C22H21BrF2N4O/c1-13(26)15-8-14(24)4-5-21(15)30-7-3-2-6-29-12-28-20-11-27-19-10-18(25)17(23)9-16(19)22(20)29/h4-5,8-13H,2-3,6-7,26H2,1H3/t13-/m1/s1. The highest BCUT2D eigenvalue weighted by atomic mass is 79.9. The molecule has 4 rings (SSSR count). The minimum atomic E-state index is -0.343. The molecule has 5 nitrogen and oxygen atoms in total. The van der Waals surface area contributed by atoms with Crippen molar-refractivity contribution < 1.29 is 13.5 Å². The van der Waals surface area contributed by atoms with Crippen LogP contribution in [0.25, 0.3) is 21.9 Å². The SMILES string of the molecule is C[C@@H](N)c1cc(F)ccc1OCCCCn1cnc2cnc3cc(F)c(Br)cc3c21. The van der Waals surface area contributed by atoms with Gasteiger partial charge in [0.15, 0.2) is 0 Å². The van der Waals surface area contributed by atoms with E-state index in [0.29, 0.717) is 27.9 Å². The van der Waals surface area contributed by atoms with Crippen molar-refractivity contribution in [3.8, 4) is 5.75 Å². The van der Waals surface area contributed by atoms with Crippen LogP contribution in [0.2, 0.25) is 0 Å². The number of nitrogens with two attached hydrogens (primary N) is 1. The zero-order valence-corrected chi connectivity index (χ0v) is 18.0. The van der Waals surface area contributed by atoms with Crippen LogP contribution in [0.3, 0.4) is 0 Å². The summed E-state index contributed by atoms with van der Waals surface area (Å²) in [5.74, 6) is -0.0529. The average molecular weight is 475 g/mol. The molecule has 2 heterocycles. The Morgan fingerprint density at radius 3 is 2.77 bits per heavy atom. The molecular weight excluding hydrogens is 454 g/mol. The first-order valence-electron chi connectivity index (χ1n) is 9.70. The highest BCUT2D eigenvalue weighted by Crippen LogP contribution is 2.28. The second kappa shape index (κ2) is 8.65. The van der Waals surface area contributed by atoms with E-state index in [4.69, 9.17) is 10.5 Å². The van der Waals surface area contributed by atoms with E-state index in [-0.39, 0.29) is 17.7 Å². The van der Waals surface area contributed by atoms with E-state index in [1.807, 2.05) is 0 Å². The summed E-state index contributed by atoms with van der Waals surface area (Å²) in [5, 5.41) is 0.849. The molecule has 2 aromatic carbocycles. The predicted molar refractivity (Wildman–Crippen MR) is 116 cm³/mol. The van der Waals surface area contributed by atoms with E-state index < -0.39 is 0 Å². The van der Waals surface area contributed by atoms with Crippen molar-refractivity contribution >= 4 is 37.9 Å². The Hall–Kier alpha value is -2.58. The van der Waals surface area contributed by atoms with Crippen LogP contribution in [0.15, 0.2) is 47.3 Å². The molecule has 0 aliphatic carbocycles. The first-order chi connectivity index (χ1) is 14.4. The smallest absolute Gasteiger partial charge is 0.139 e. The number of pyridine rings is 1. The maximum atomic E-state index is 13.9. The number of benzene rings is 2. The minimum absolute atomic E-state index is 0.306. The van der Waals surface area contributed by atoms with E-state index in [2.05, 4.69) is 30.5 Å². The third-order valence-corrected chi connectivity index (χ3v) is 5.61. The van der Waals surface area contributed by atoms with Crippen molar-refractivity contribution in [1.29, 1.82) is 0 Å². The molecule has 30 heavy (non-hydrogen) atoms. The summed E-state index contributed by atoms with van der Waals surface area (Å²) >= 11 is 3.25. The number of imidazole rings is 1. The van der Waals surface area contributed by atoms with Crippen LogP contribution in [0.4, 0.5) is 8.78 Å². The van der Waals surface area contributed by atoms with Gasteiger partial charge in [-0.15, -0.1) is 0 Å². The zero-order chi connectivity index (χ0) is 21.3. The molecular formula is C22H21BrF2N4O. The Labute approximate surface area is 181 Å². The first-order valence-corrected chi connectivity index (χ1v) is 10.5. The Kier molecular flexibility index (Phi) is 5.97. The third kappa shape index (κ3) is 4.15. The molecule has 0 saturated carbocycles. The number of halogens is 3. The lowest BCUT2D eigenvalue weighted by atomic mass is 10.1. The Balaban J connectivity index is 1.44. The maximum absolute atomic E-state index is 13.9. The quantitative estimate of drug-likeness (QED) is 0.359. The highest BCUT2D eigenvalue weighted by Gasteiger charge is 2.12. The molecule has 0 aliphatic rings. The molecule has 2 N–H and O–H groups in total. The van der Waals surface area contributed by atoms with E-state index in [9.17, 15) is 8.78 Å². The van der Waals surface area contributed by atoms with Gasteiger partial charge in [-0.3, -0.25) is 4.98 Å². The fourth-order valence-electron chi connectivity index (χ4n) is 3.49. The Morgan fingerprint density at radius 1 is 1.13 bits per heavy atom. The summed E-state index contributed by atoms with van der Waals surface area (Å²) in [7, 11) is 0. The zero-order valence-electron chi connectivity index (χ0n) is 16.4.